The molecule has 0 aliphatic heterocycles. The first-order valence-electron chi connectivity index (χ1n) is 8.45. The van der Waals surface area contributed by atoms with Crippen LogP contribution in [0.1, 0.15) is 48.9 Å². The number of aryl methyl sites for hydroxylation is 1. The van der Waals surface area contributed by atoms with Crippen LogP contribution in [0.25, 0.3) is 11.0 Å². The summed E-state index contributed by atoms with van der Waals surface area (Å²) < 4.78 is 0. The SMILES string of the molecule is CC(C)(C)C1CCc2nc3c(NC(=O)CO)c(C(N)=O)[nH]c3cc2C1. The van der Waals surface area contributed by atoms with Gasteiger partial charge < -0.3 is 21.1 Å². The second-order valence-electron chi connectivity index (χ2n) is 7.74. The molecule has 2 amide bonds. The zero-order valence-corrected chi connectivity index (χ0v) is 14.8. The molecule has 0 radical (unpaired) electrons. The molecule has 134 valence electrons. The second kappa shape index (κ2) is 6.15. The number of H-pyrrole nitrogens is 1. The van der Waals surface area contributed by atoms with Crippen molar-refractivity contribution >= 4 is 28.5 Å². The molecule has 0 spiro atoms. The van der Waals surface area contributed by atoms with Gasteiger partial charge in [-0.25, -0.2) is 4.98 Å². The predicted octanol–water partition coefficient (Wildman–Crippen LogP) is 1.74. The summed E-state index contributed by atoms with van der Waals surface area (Å²) in [6.07, 6.45) is 2.85. The van der Waals surface area contributed by atoms with Crippen LogP contribution in [-0.2, 0) is 17.6 Å². The Hall–Kier alpha value is -2.41. The maximum Gasteiger partial charge on any atom is 0.267 e. The van der Waals surface area contributed by atoms with Crippen molar-refractivity contribution in [3.63, 3.8) is 0 Å². The molecule has 1 aliphatic carbocycles. The standard InChI is InChI=1S/C18H24N4O3/c1-18(2,3)10-4-5-11-9(6-10)7-12-14(20-11)15(22-13(24)8-23)16(21-12)17(19)25/h7,10,21,23H,4-6,8H2,1-3H3,(H2,19,25)(H,22,24). The van der Waals surface area contributed by atoms with E-state index in [1.165, 1.54) is 0 Å². The Balaban J connectivity index is 2.08. The van der Waals surface area contributed by atoms with Gasteiger partial charge in [-0.05, 0) is 42.2 Å². The number of aromatic nitrogens is 2. The Morgan fingerprint density at radius 3 is 2.76 bits per heavy atom. The summed E-state index contributed by atoms with van der Waals surface area (Å²) in [7, 11) is 0. The van der Waals surface area contributed by atoms with Gasteiger partial charge in [0.25, 0.3) is 5.91 Å². The number of fused-ring (bicyclic) bond motifs is 2. The van der Waals surface area contributed by atoms with Gasteiger partial charge in [0.15, 0.2) is 0 Å². The number of anilines is 1. The number of primary amides is 1. The molecule has 1 unspecified atom stereocenters. The third-order valence-corrected chi connectivity index (χ3v) is 5.01. The van der Waals surface area contributed by atoms with Crippen LogP contribution in [0.4, 0.5) is 5.69 Å². The van der Waals surface area contributed by atoms with E-state index in [4.69, 9.17) is 10.8 Å². The minimum Gasteiger partial charge on any atom is -0.387 e. The first-order chi connectivity index (χ1) is 11.7. The number of carbonyl (C=O) groups is 2. The fourth-order valence-corrected chi connectivity index (χ4v) is 3.49. The van der Waals surface area contributed by atoms with Crippen LogP contribution in [0.5, 0.6) is 0 Å². The van der Waals surface area contributed by atoms with Crippen LogP contribution in [0.3, 0.4) is 0 Å². The van der Waals surface area contributed by atoms with E-state index in [0.29, 0.717) is 17.0 Å². The molecule has 2 aromatic rings. The van der Waals surface area contributed by atoms with Gasteiger partial charge >= 0.3 is 0 Å². The molecular formula is C18H24N4O3. The molecule has 2 aromatic heterocycles. The topological polar surface area (TPSA) is 121 Å². The lowest BCUT2D eigenvalue weighted by Gasteiger charge is -2.34. The van der Waals surface area contributed by atoms with Gasteiger partial charge in [0.2, 0.25) is 5.91 Å². The van der Waals surface area contributed by atoms with E-state index in [-0.39, 0.29) is 16.8 Å². The number of amides is 2. The molecule has 7 nitrogen and oxygen atoms in total. The molecular weight excluding hydrogens is 320 g/mol. The molecule has 1 atom stereocenters. The summed E-state index contributed by atoms with van der Waals surface area (Å²) in [5, 5.41) is 11.5. The first kappa shape index (κ1) is 17.4. The average molecular weight is 344 g/mol. The minimum absolute atomic E-state index is 0.0963. The Morgan fingerprint density at radius 1 is 1.44 bits per heavy atom. The lowest BCUT2D eigenvalue weighted by molar-refractivity contribution is -0.118. The highest BCUT2D eigenvalue weighted by Gasteiger charge is 2.30. The number of aromatic amines is 1. The second-order valence-corrected chi connectivity index (χ2v) is 7.74. The maximum atomic E-state index is 11.7. The monoisotopic (exact) mass is 344 g/mol. The molecule has 0 saturated carbocycles. The van der Waals surface area contributed by atoms with Crippen LogP contribution in [-0.4, -0.2) is 33.5 Å². The minimum atomic E-state index is -0.684. The molecule has 2 heterocycles. The number of hydrogen-bond acceptors (Lipinski definition) is 4. The number of rotatable bonds is 3. The van der Waals surface area contributed by atoms with Gasteiger partial charge in [-0.3, -0.25) is 9.59 Å². The molecule has 1 aliphatic rings. The highest BCUT2D eigenvalue weighted by Crippen LogP contribution is 2.38. The first-order valence-corrected chi connectivity index (χ1v) is 8.45. The van der Waals surface area contributed by atoms with E-state index in [9.17, 15) is 9.59 Å². The number of nitrogens with one attached hydrogen (secondary N) is 2. The fraction of sp³-hybridized carbons (Fsp3) is 0.500. The number of aliphatic hydroxyl groups excluding tert-OH is 1. The maximum absolute atomic E-state index is 11.7. The van der Waals surface area contributed by atoms with Crippen molar-refractivity contribution in [1.29, 1.82) is 0 Å². The fourth-order valence-electron chi connectivity index (χ4n) is 3.49. The quantitative estimate of drug-likeness (QED) is 0.677. The van der Waals surface area contributed by atoms with Gasteiger partial charge in [-0.15, -0.1) is 0 Å². The third kappa shape index (κ3) is 3.24. The largest absolute Gasteiger partial charge is 0.387 e. The molecule has 3 rings (SSSR count). The lowest BCUT2D eigenvalue weighted by Crippen LogP contribution is -2.27. The zero-order chi connectivity index (χ0) is 18.4. The van der Waals surface area contributed by atoms with Crippen molar-refractivity contribution < 1.29 is 14.7 Å². The lowest BCUT2D eigenvalue weighted by atomic mass is 9.71. The van der Waals surface area contributed by atoms with E-state index in [0.717, 1.165) is 30.5 Å². The molecule has 7 heteroatoms. The van der Waals surface area contributed by atoms with Crippen molar-refractivity contribution in [3.8, 4) is 0 Å². The Kier molecular flexibility index (Phi) is 4.28. The number of nitrogens with zero attached hydrogens (tertiary/aromatic N) is 1. The average Bonchev–Trinajstić information content (AvgIpc) is 2.89. The van der Waals surface area contributed by atoms with Gasteiger partial charge in [-0.2, -0.15) is 0 Å². The number of pyridine rings is 1. The number of aliphatic hydroxyl groups is 1. The molecule has 0 fully saturated rings. The summed E-state index contributed by atoms with van der Waals surface area (Å²) >= 11 is 0. The van der Waals surface area contributed by atoms with E-state index in [1.807, 2.05) is 6.07 Å². The van der Waals surface area contributed by atoms with Gasteiger partial charge in [0.1, 0.15) is 17.8 Å². The number of carbonyl (C=O) groups excluding carboxylic acids is 2. The van der Waals surface area contributed by atoms with Crippen molar-refractivity contribution in [1.82, 2.24) is 9.97 Å². The molecule has 0 bridgehead atoms. The summed E-state index contributed by atoms with van der Waals surface area (Å²) in [6, 6.07) is 2.00. The summed E-state index contributed by atoms with van der Waals surface area (Å²) in [5.41, 5.74) is 9.29. The highest BCUT2D eigenvalue weighted by molar-refractivity contribution is 6.10. The van der Waals surface area contributed by atoms with E-state index >= 15 is 0 Å². The summed E-state index contributed by atoms with van der Waals surface area (Å²) in [4.78, 5) is 31.0. The normalized spacial score (nSPS) is 17.4. The van der Waals surface area contributed by atoms with E-state index in [1.54, 1.807) is 0 Å². The summed E-state index contributed by atoms with van der Waals surface area (Å²) in [5.74, 6) is -0.731. The number of nitrogens with two attached hydrogens (primary N) is 1. The molecule has 0 aromatic carbocycles. The van der Waals surface area contributed by atoms with Gasteiger partial charge in [-0.1, -0.05) is 20.8 Å². The molecule has 5 N–H and O–H groups in total. The Bertz CT molecular complexity index is 848. The Morgan fingerprint density at radius 2 is 2.16 bits per heavy atom. The van der Waals surface area contributed by atoms with Crippen molar-refractivity contribution in [2.24, 2.45) is 17.1 Å². The van der Waals surface area contributed by atoms with E-state index in [2.05, 4.69) is 36.1 Å². The molecule has 0 saturated heterocycles. The van der Waals surface area contributed by atoms with Crippen LogP contribution < -0.4 is 11.1 Å². The van der Waals surface area contributed by atoms with Crippen molar-refractivity contribution in [2.75, 3.05) is 11.9 Å². The smallest absolute Gasteiger partial charge is 0.267 e. The van der Waals surface area contributed by atoms with Crippen LogP contribution in [0.15, 0.2) is 6.07 Å². The van der Waals surface area contributed by atoms with Crippen molar-refractivity contribution in [2.45, 2.75) is 40.0 Å². The summed E-state index contributed by atoms with van der Waals surface area (Å²) in [6.45, 7) is 6.06. The van der Waals surface area contributed by atoms with Crippen molar-refractivity contribution in [3.05, 3.63) is 23.0 Å². The highest BCUT2D eigenvalue weighted by atomic mass is 16.3. The van der Waals surface area contributed by atoms with Crippen LogP contribution >= 0.6 is 0 Å². The van der Waals surface area contributed by atoms with E-state index < -0.39 is 18.4 Å². The zero-order valence-electron chi connectivity index (χ0n) is 14.8. The van der Waals surface area contributed by atoms with Gasteiger partial charge in [0, 0.05) is 5.69 Å². The number of hydrogen-bond donors (Lipinski definition) is 4. The van der Waals surface area contributed by atoms with Crippen LogP contribution in [0.2, 0.25) is 0 Å². The predicted molar refractivity (Wildman–Crippen MR) is 95.3 cm³/mol. The molecule has 25 heavy (non-hydrogen) atoms. The van der Waals surface area contributed by atoms with Crippen LogP contribution in [0, 0.1) is 11.3 Å². The Labute approximate surface area is 146 Å². The van der Waals surface area contributed by atoms with Gasteiger partial charge in [0.05, 0.1) is 11.2 Å². The third-order valence-electron chi connectivity index (χ3n) is 5.01.